The second-order valence-corrected chi connectivity index (χ2v) is 6.78. The van der Waals surface area contributed by atoms with E-state index in [0.29, 0.717) is 10.6 Å². The average Bonchev–Trinajstić information content (AvgIpc) is 3.32. The third kappa shape index (κ3) is 3.80. The fourth-order valence-corrected chi connectivity index (χ4v) is 3.81. The van der Waals surface area contributed by atoms with Gasteiger partial charge in [0.1, 0.15) is 15.4 Å². The molecule has 0 radical (unpaired) electrons. The predicted molar refractivity (Wildman–Crippen MR) is 93.9 cm³/mol. The molecule has 0 saturated carbocycles. The molecule has 0 aliphatic carbocycles. The van der Waals surface area contributed by atoms with Gasteiger partial charge in [0.2, 0.25) is 0 Å². The van der Waals surface area contributed by atoms with Crippen molar-refractivity contribution in [2.24, 2.45) is 0 Å². The lowest BCUT2D eigenvalue weighted by Crippen LogP contribution is -2.09. The van der Waals surface area contributed by atoms with Gasteiger partial charge in [0.15, 0.2) is 12.4 Å². The summed E-state index contributed by atoms with van der Waals surface area (Å²) < 4.78 is 15.4. The maximum Gasteiger partial charge on any atom is 0.350 e. The molecule has 0 N–H and O–H groups in total. The smallest absolute Gasteiger partial charge is 0.350 e. The fourth-order valence-electron chi connectivity index (χ4n) is 2.14. The van der Waals surface area contributed by atoms with Crippen LogP contribution in [0.4, 0.5) is 0 Å². The molecule has 0 aliphatic rings. The van der Waals surface area contributed by atoms with Gasteiger partial charge in [-0.2, -0.15) is 11.3 Å². The number of rotatable bonds is 6. The van der Waals surface area contributed by atoms with E-state index in [-0.39, 0.29) is 24.5 Å². The zero-order chi connectivity index (χ0) is 17.8. The zero-order valence-corrected chi connectivity index (χ0v) is 15.2. The van der Waals surface area contributed by atoms with Crippen molar-refractivity contribution in [3.63, 3.8) is 0 Å². The van der Waals surface area contributed by atoms with Crippen molar-refractivity contribution >= 4 is 34.6 Å². The third-order valence-corrected chi connectivity index (χ3v) is 5.20. The predicted octanol–water partition coefficient (Wildman–Crippen LogP) is 4.31. The second kappa shape index (κ2) is 7.62. The van der Waals surface area contributed by atoms with Gasteiger partial charge in [-0.3, -0.25) is 0 Å². The molecule has 0 aromatic carbocycles. The minimum Gasteiger partial charge on any atom is -0.465 e. The van der Waals surface area contributed by atoms with Gasteiger partial charge in [-0.15, -0.1) is 11.3 Å². The van der Waals surface area contributed by atoms with Gasteiger partial charge in [-0.05, 0) is 31.4 Å². The molecule has 0 spiro atoms. The van der Waals surface area contributed by atoms with Crippen LogP contribution in [0.5, 0.6) is 0 Å². The average molecular weight is 377 g/mol. The Labute approximate surface area is 152 Å². The number of carbonyl (C=O) groups is 2. The van der Waals surface area contributed by atoms with E-state index < -0.39 is 11.9 Å². The Hall–Kier alpha value is -2.45. The first-order valence-electron chi connectivity index (χ1n) is 7.50. The molecule has 6 nitrogen and oxygen atoms in total. The number of aromatic nitrogens is 1. The first kappa shape index (κ1) is 17.4. The summed E-state index contributed by atoms with van der Waals surface area (Å²) in [5.74, 6) is -0.745. The van der Waals surface area contributed by atoms with E-state index in [2.05, 4.69) is 4.98 Å². The second-order valence-electron chi connectivity index (χ2n) is 5.00. The molecule has 0 atom stereocenters. The maximum atomic E-state index is 12.3. The van der Waals surface area contributed by atoms with Gasteiger partial charge in [0.25, 0.3) is 0 Å². The number of ether oxygens (including phenoxy) is 2. The summed E-state index contributed by atoms with van der Waals surface area (Å²) in [5.41, 5.74) is 1.85. The molecule has 0 fully saturated rings. The monoisotopic (exact) mass is 377 g/mol. The number of thiophene rings is 1. The van der Waals surface area contributed by atoms with Crippen molar-refractivity contribution in [1.82, 2.24) is 4.98 Å². The Kier molecular flexibility index (Phi) is 5.30. The van der Waals surface area contributed by atoms with E-state index >= 15 is 0 Å². The van der Waals surface area contributed by atoms with Gasteiger partial charge in [-0.25, -0.2) is 14.6 Å². The molecule has 3 aromatic rings. The lowest BCUT2D eigenvalue weighted by atomic mass is 10.2. The van der Waals surface area contributed by atoms with Crippen molar-refractivity contribution in [2.75, 3.05) is 6.61 Å². The van der Waals surface area contributed by atoms with Crippen LogP contribution in [0.25, 0.3) is 10.6 Å². The van der Waals surface area contributed by atoms with Gasteiger partial charge < -0.3 is 13.9 Å². The highest BCUT2D eigenvalue weighted by Crippen LogP contribution is 2.30. The molecule has 8 heteroatoms. The Morgan fingerprint density at radius 3 is 2.80 bits per heavy atom. The number of aryl methyl sites for hydroxylation is 1. The molecule has 3 rings (SSSR count). The van der Waals surface area contributed by atoms with Gasteiger partial charge in [0, 0.05) is 10.9 Å². The molecule has 0 aliphatic heterocycles. The van der Waals surface area contributed by atoms with E-state index in [0.717, 1.165) is 10.6 Å². The summed E-state index contributed by atoms with van der Waals surface area (Å²) in [6.45, 7) is 3.59. The minimum atomic E-state index is -0.504. The van der Waals surface area contributed by atoms with Crippen LogP contribution in [0.15, 0.2) is 33.6 Å². The number of esters is 2. The van der Waals surface area contributed by atoms with E-state index in [1.54, 1.807) is 25.2 Å². The van der Waals surface area contributed by atoms with Crippen LogP contribution < -0.4 is 0 Å². The van der Waals surface area contributed by atoms with Gasteiger partial charge in [-0.1, -0.05) is 0 Å². The summed E-state index contributed by atoms with van der Waals surface area (Å²) in [6, 6.07) is 3.44. The Balaban J connectivity index is 1.70. The zero-order valence-electron chi connectivity index (χ0n) is 13.6. The molecule has 130 valence electrons. The Bertz CT molecular complexity index is 879. The Morgan fingerprint density at radius 1 is 1.24 bits per heavy atom. The van der Waals surface area contributed by atoms with Crippen molar-refractivity contribution in [3.05, 3.63) is 51.1 Å². The van der Waals surface area contributed by atoms with Crippen LogP contribution in [0.2, 0.25) is 0 Å². The molecule has 25 heavy (non-hydrogen) atoms. The number of furan rings is 1. The Morgan fingerprint density at radius 2 is 2.08 bits per heavy atom. The molecule has 0 unspecified atom stereocenters. The SMILES string of the molecule is CCOC(=O)c1ccoc1COC(=O)c1sc(-c2ccsc2)nc1C. The number of carbonyl (C=O) groups excluding carboxylic acids is 2. The maximum absolute atomic E-state index is 12.3. The van der Waals surface area contributed by atoms with Crippen LogP contribution in [0.3, 0.4) is 0 Å². The number of hydrogen-bond acceptors (Lipinski definition) is 8. The lowest BCUT2D eigenvalue weighted by Gasteiger charge is -2.04. The van der Waals surface area contributed by atoms with Crippen molar-refractivity contribution in [2.45, 2.75) is 20.5 Å². The highest BCUT2D eigenvalue weighted by atomic mass is 32.1. The van der Waals surface area contributed by atoms with Crippen LogP contribution in [0.1, 0.15) is 38.4 Å². The van der Waals surface area contributed by atoms with Gasteiger partial charge in [0.05, 0.1) is 18.6 Å². The van der Waals surface area contributed by atoms with Gasteiger partial charge >= 0.3 is 11.9 Å². The quantitative estimate of drug-likeness (QED) is 0.596. The molecule has 3 heterocycles. The molecule has 3 aromatic heterocycles. The van der Waals surface area contributed by atoms with E-state index in [1.165, 1.54) is 23.7 Å². The lowest BCUT2D eigenvalue weighted by molar-refractivity contribution is 0.0426. The highest BCUT2D eigenvalue weighted by Gasteiger charge is 2.21. The third-order valence-electron chi connectivity index (χ3n) is 3.33. The molecule has 0 amide bonds. The topological polar surface area (TPSA) is 78.6 Å². The van der Waals surface area contributed by atoms with E-state index in [9.17, 15) is 9.59 Å². The molecule has 0 bridgehead atoms. The summed E-state index contributed by atoms with van der Waals surface area (Å²) in [6.07, 6.45) is 1.36. The molecular weight excluding hydrogens is 362 g/mol. The number of nitrogens with zero attached hydrogens (tertiary/aromatic N) is 1. The van der Waals surface area contributed by atoms with Crippen LogP contribution in [0, 0.1) is 6.92 Å². The normalized spacial score (nSPS) is 10.6. The van der Waals surface area contributed by atoms with Crippen LogP contribution >= 0.6 is 22.7 Å². The summed E-state index contributed by atoms with van der Waals surface area (Å²) in [7, 11) is 0. The first-order chi connectivity index (χ1) is 12.1. The largest absolute Gasteiger partial charge is 0.465 e. The first-order valence-corrected chi connectivity index (χ1v) is 9.26. The summed E-state index contributed by atoms with van der Waals surface area (Å²) >= 11 is 2.85. The fraction of sp³-hybridized carbons (Fsp3) is 0.235. The summed E-state index contributed by atoms with van der Waals surface area (Å²) in [5, 5.41) is 4.70. The highest BCUT2D eigenvalue weighted by molar-refractivity contribution is 7.17. The minimum absolute atomic E-state index is 0.148. The van der Waals surface area contributed by atoms with E-state index in [1.807, 2.05) is 16.8 Å². The molecular formula is C17H15NO5S2. The van der Waals surface area contributed by atoms with Crippen molar-refractivity contribution < 1.29 is 23.5 Å². The standard InChI is InChI=1S/C17H15NO5S2/c1-3-21-16(19)12-4-6-22-13(12)8-23-17(20)14-10(2)18-15(25-14)11-5-7-24-9-11/h4-7,9H,3,8H2,1-2H3. The van der Waals surface area contributed by atoms with Crippen LogP contribution in [-0.4, -0.2) is 23.5 Å². The molecule has 0 saturated heterocycles. The van der Waals surface area contributed by atoms with Crippen molar-refractivity contribution in [3.8, 4) is 10.6 Å². The van der Waals surface area contributed by atoms with Crippen LogP contribution in [-0.2, 0) is 16.1 Å². The summed E-state index contributed by atoms with van der Waals surface area (Å²) in [4.78, 5) is 29.0. The number of hydrogen-bond donors (Lipinski definition) is 0. The number of thiazole rings is 1. The van der Waals surface area contributed by atoms with E-state index in [4.69, 9.17) is 13.9 Å². The van der Waals surface area contributed by atoms with Crippen molar-refractivity contribution in [1.29, 1.82) is 0 Å².